The number of hydrogen-bond acceptors (Lipinski definition) is 4. The van der Waals surface area contributed by atoms with Crippen LogP contribution in [0.1, 0.15) is 24.3 Å². The molecule has 1 rings (SSSR count). The molecule has 0 N–H and O–H groups in total. The second-order valence-electron chi connectivity index (χ2n) is 2.55. The Balaban J connectivity index is 3.27. The van der Waals surface area contributed by atoms with Crippen LogP contribution in [0.4, 0.5) is 0 Å². The lowest BCUT2D eigenvalue weighted by molar-refractivity contribution is 0.100. The summed E-state index contributed by atoms with van der Waals surface area (Å²) in [5.41, 5.74) is 0.567. The zero-order valence-electron chi connectivity index (χ0n) is 7.79. The van der Waals surface area contributed by atoms with Gasteiger partial charge in [0, 0.05) is 14.0 Å². The molecule has 13 heavy (non-hydrogen) atoms. The lowest BCUT2D eigenvalue weighted by Gasteiger charge is -2.02. The van der Waals surface area contributed by atoms with E-state index >= 15 is 0 Å². The molecule has 0 aliphatic carbocycles. The van der Waals surface area contributed by atoms with Crippen molar-refractivity contribution in [3.05, 3.63) is 9.65 Å². The van der Waals surface area contributed by atoms with Crippen LogP contribution in [0.25, 0.3) is 0 Å². The third-order valence-corrected chi connectivity index (χ3v) is 3.06. The highest BCUT2D eigenvalue weighted by Crippen LogP contribution is 2.27. The standard InChI is InChI=1S/C8H11NO2S2/c1-4-11-7-6(5(2)10)9(3)8(12)13-7/h4H2,1-3H3. The van der Waals surface area contributed by atoms with Crippen molar-refractivity contribution in [1.82, 2.24) is 4.57 Å². The lowest BCUT2D eigenvalue weighted by atomic mass is 10.3. The van der Waals surface area contributed by atoms with E-state index in [9.17, 15) is 4.79 Å². The van der Waals surface area contributed by atoms with Crippen LogP contribution < -0.4 is 4.74 Å². The Labute approximate surface area is 86.0 Å². The minimum atomic E-state index is -0.0155. The molecule has 0 bridgehead atoms. The van der Waals surface area contributed by atoms with Gasteiger partial charge in [-0.3, -0.25) is 4.79 Å². The Bertz CT molecular complexity index is 378. The highest BCUT2D eigenvalue weighted by Gasteiger charge is 2.15. The first-order valence-corrected chi connectivity index (χ1v) is 5.14. The van der Waals surface area contributed by atoms with Crippen molar-refractivity contribution in [3.63, 3.8) is 0 Å². The van der Waals surface area contributed by atoms with Gasteiger partial charge in [0.25, 0.3) is 0 Å². The predicted octanol–water partition coefficient (Wildman–Crippen LogP) is 2.42. The summed E-state index contributed by atoms with van der Waals surface area (Å²) in [6.45, 7) is 3.95. The second kappa shape index (κ2) is 4.02. The van der Waals surface area contributed by atoms with Gasteiger partial charge in [-0.1, -0.05) is 11.3 Å². The highest BCUT2D eigenvalue weighted by atomic mass is 32.1. The number of ether oxygens (including phenoxy) is 1. The summed E-state index contributed by atoms with van der Waals surface area (Å²) in [6.07, 6.45) is 0. The van der Waals surface area contributed by atoms with E-state index in [0.717, 1.165) is 0 Å². The fraction of sp³-hybridized carbons (Fsp3) is 0.500. The van der Waals surface area contributed by atoms with Crippen molar-refractivity contribution < 1.29 is 9.53 Å². The SMILES string of the molecule is CCOc1sc(=S)n(C)c1C(C)=O. The van der Waals surface area contributed by atoms with Crippen molar-refractivity contribution >= 4 is 29.3 Å². The van der Waals surface area contributed by atoms with Gasteiger partial charge in [0.05, 0.1) is 6.61 Å². The van der Waals surface area contributed by atoms with E-state index in [0.29, 0.717) is 21.3 Å². The van der Waals surface area contributed by atoms with Crippen LogP contribution in [0.3, 0.4) is 0 Å². The molecule has 0 aliphatic rings. The summed E-state index contributed by atoms with van der Waals surface area (Å²) in [6, 6.07) is 0. The number of Topliss-reactive ketones (excluding diaryl/α,β-unsaturated/α-hetero) is 1. The molecule has 0 fully saturated rings. The average molecular weight is 217 g/mol. The summed E-state index contributed by atoms with van der Waals surface area (Å²) in [5, 5.41) is 0.627. The van der Waals surface area contributed by atoms with Gasteiger partial charge < -0.3 is 9.30 Å². The molecule has 5 heteroatoms. The Morgan fingerprint density at radius 1 is 1.69 bits per heavy atom. The van der Waals surface area contributed by atoms with Crippen molar-refractivity contribution in [1.29, 1.82) is 0 Å². The van der Waals surface area contributed by atoms with Gasteiger partial charge in [-0.2, -0.15) is 0 Å². The molecule has 1 aromatic rings. The van der Waals surface area contributed by atoms with E-state index in [4.69, 9.17) is 17.0 Å². The summed E-state index contributed by atoms with van der Waals surface area (Å²) in [5.74, 6) is -0.0155. The molecular formula is C8H11NO2S2. The molecule has 0 saturated carbocycles. The minimum Gasteiger partial charge on any atom is -0.483 e. The van der Waals surface area contributed by atoms with E-state index in [2.05, 4.69) is 0 Å². The monoisotopic (exact) mass is 217 g/mol. The maximum absolute atomic E-state index is 11.2. The molecule has 72 valence electrons. The maximum Gasteiger partial charge on any atom is 0.204 e. The van der Waals surface area contributed by atoms with Crippen molar-refractivity contribution in [2.24, 2.45) is 7.05 Å². The Morgan fingerprint density at radius 2 is 2.31 bits per heavy atom. The second-order valence-corrected chi connectivity index (χ2v) is 4.16. The van der Waals surface area contributed by atoms with Crippen LogP contribution in [-0.4, -0.2) is 17.0 Å². The van der Waals surface area contributed by atoms with E-state index in [-0.39, 0.29) is 5.78 Å². The van der Waals surface area contributed by atoms with Gasteiger partial charge in [0.1, 0.15) is 5.69 Å². The highest BCUT2D eigenvalue weighted by molar-refractivity contribution is 7.73. The zero-order chi connectivity index (χ0) is 10.0. The molecule has 0 saturated heterocycles. The van der Waals surface area contributed by atoms with Crippen LogP contribution in [0.15, 0.2) is 0 Å². The van der Waals surface area contributed by atoms with E-state index < -0.39 is 0 Å². The summed E-state index contributed by atoms with van der Waals surface area (Å²) in [7, 11) is 1.78. The number of nitrogens with zero attached hydrogens (tertiary/aromatic N) is 1. The van der Waals surface area contributed by atoms with Gasteiger partial charge in [-0.15, -0.1) is 0 Å². The molecule has 1 aromatic heterocycles. The van der Waals surface area contributed by atoms with Crippen LogP contribution >= 0.6 is 23.6 Å². The van der Waals surface area contributed by atoms with Gasteiger partial charge in [-0.25, -0.2) is 0 Å². The number of aromatic nitrogens is 1. The number of carbonyl (C=O) groups is 1. The Morgan fingerprint density at radius 3 is 2.77 bits per heavy atom. The smallest absolute Gasteiger partial charge is 0.204 e. The van der Waals surface area contributed by atoms with Crippen LogP contribution in [0.5, 0.6) is 5.06 Å². The molecule has 3 nitrogen and oxygen atoms in total. The molecular weight excluding hydrogens is 206 g/mol. The van der Waals surface area contributed by atoms with E-state index in [1.807, 2.05) is 6.92 Å². The van der Waals surface area contributed by atoms with Crippen LogP contribution in [0, 0.1) is 3.95 Å². The van der Waals surface area contributed by atoms with Crippen molar-refractivity contribution in [2.75, 3.05) is 6.61 Å². The number of rotatable bonds is 3. The third-order valence-electron chi connectivity index (χ3n) is 1.59. The summed E-state index contributed by atoms with van der Waals surface area (Å²) in [4.78, 5) is 11.2. The maximum atomic E-state index is 11.2. The van der Waals surface area contributed by atoms with Gasteiger partial charge in [0.15, 0.2) is 9.74 Å². The topological polar surface area (TPSA) is 31.2 Å². The molecule has 1 heterocycles. The molecule has 0 unspecified atom stereocenters. The molecule has 0 atom stereocenters. The largest absolute Gasteiger partial charge is 0.483 e. The van der Waals surface area contributed by atoms with Gasteiger partial charge in [0.2, 0.25) is 5.06 Å². The zero-order valence-corrected chi connectivity index (χ0v) is 9.42. The Kier molecular flexibility index (Phi) is 3.22. The number of carbonyl (C=O) groups excluding carboxylic acids is 1. The Hall–Kier alpha value is -0.680. The summed E-state index contributed by atoms with van der Waals surface area (Å²) < 4.78 is 7.66. The van der Waals surface area contributed by atoms with Gasteiger partial charge >= 0.3 is 0 Å². The average Bonchev–Trinajstić information content (AvgIpc) is 2.28. The minimum absolute atomic E-state index is 0.0155. The third kappa shape index (κ3) is 1.97. The number of ketones is 1. The lowest BCUT2D eigenvalue weighted by Crippen LogP contribution is -2.04. The first-order chi connectivity index (χ1) is 6.07. The molecule has 0 spiro atoms. The van der Waals surface area contributed by atoms with Crippen LogP contribution in [0.2, 0.25) is 0 Å². The van der Waals surface area contributed by atoms with Gasteiger partial charge in [-0.05, 0) is 19.1 Å². The number of thiazole rings is 1. The molecule has 0 radical (unpaired) electrons. The van der Waals surface area contributed by atoms with E-state index in [1.165, 1.54) is 18.3 Å². The van der Waals surface area contributed by atoms with E-state index in [1.54, 1.807) is 11.6 Å². The molecule has 0 aromatic carbocycles. The van der Waals surface area contributed by atoms with Crippen molar-refractivity contribution in [3.8, 4) is 5.06 Å². The molecule has 0 aliphatic heterocycles. The fourth-order valence-corrected chi connectivity index (χ4v) is 2.29. The first-order valence-electron chi connectivity index (χ1n) is 3.91. The summed E-state index contributed by atoms with van der Waals surface area (Å²) >= 11 is 6.37. The predicted molar refractivity (Wildman–Crippen MR) is 55.3 cm³/mol. The quantitative estimate of drug-likeness (QED) is 0.575. The molecule has 0 amide bonds. The fourth-order valence-electron chi connectivity index (χ4n) is 1.03. The normalized spacial score (nSPS) is 10.1. The van der Waals surface area contributed by atoms with Crippen LogP contribution in [-0.2, 0) is 7.05 Å². The first kappa shape index (κ1) is 10.4. The van der Waals surface area contributed by atoms with Crippen molar-refractivity contribution in [2.45, 2.75) is 13.8 Å². The number of hydrogen-bond donors (Lipinski definition) is 0.